The van der Waals surface area contributed by atoms with Crippen molar-refractivity contribution in [1.82, 2.24) is 4.90 Å². The lowest BCUT2D eigenvalue weighted by Gasteiger charge is -2.30. The van der Waals surface area contributed by atoms with Crippen molar-refractivity contribution < 1.29 is 14.0 Å². The number of ketones is 2. The lowest BCUT2D eigenvalue weighted by Crippen LogP contribution is -2.39. The number of carbonyl (C=O) groups excluding carboxylic acids is 2. The maximum atomic E-state index is 13.1. The third kappa shape index (κ3) is 4.77. The molecule has 4 rings (SSSR count). The van der Waals surface area contributed by atoms with E-state index in [0.717, 1.165) is 47.8 Å². The summed E-state index contributed by atoms with van der Waals surface area (Å²) in [6.07, 6.45) is 1.44. The van der Waals surface area contributed by atoms with Crippen LogP contribution in [0.5, 0.6) is 0 Å². The summed E-state index contributed by atoms with van der Waals surface area (Å²) in [7, 11) is 0. The Morgan fingerprint density at radius 3 is 2.20 bits per heavy atom. The topological polar surface area (TPSA) is 37.4 Å². The molecule has 156 valence electrons. The fourth-order valence-electron chi connectivity index (χ4n) is 4.15. The Kier molecular flexibility index (Phi) is 7.01. The molecule has 1 aliphatic rings. The van der Waals surface area contributed by atoms with Gasteiger partial charge in [-0.2, -0.15) is 0 Å². The molecule has 0 radical (unpaired) electrons. The normalized spacial score (nSPS) is 15.0. The van der Waals surface area contributed by atoms with Gasteiger partial charge in [0.05, 0.1) is 6.54 Å². The standard InChI is InChI=1S/C25H24FNO2.ClH/c1-17-14-20-4-2-3-5-21(20)15-23(17)24(28)16-27-12-10-19(11-13-27)25(29)18-6-8-22(26)9-7-18;/h2-9,14-15,19H,10-13,16H2,1H3;1H. The van der Waals surface area contributed by atoms with Crippen LogP contribution in [0.25, 0.3) is 10.8 Å². The molecule has 3 aromatic rings. The molecule has 3 nitrogen and oxygen atoms in total. The van der Waals surface area contributed by atoms with E-state index >= 15 is 0 Å². The maximum absolute atomic E-state index is 13.1. The van der Waals surface area contributed by atoms with Gasteiger partial charge in [-0.1, -0.05) is 30.3 Å². The molecule has 0 saturated carbocycles. The van der Waals surface area contributed by atoms with E-state index in [-0.39, 0.29) is 35.7 Å². The number of halogens is 2. The summed E-state index contributed by atoms with van der Waals surface area (Å²) in [5, 5.41) is 2.21. The second-order valence-corrected chi connectivity index (χ2v) is 7.86. The Morgan fingerprint density at radius 1 is 0.967 bits per heavy atom. The van der Waals surface area contributed by atoms with Crippen LogP contribution in [0.15, 0.2) is 60.7 Å². The first kappa shape index (κ1) is 22.1. The molecule has 0 aliphatic carbocycles. The molecule has 1 fully saturated rings. The van der Waals surface area contributed by atoms with Crippen LogP contribution >= 0.6 is 12.4 Å². The molecule has 30 heavy (non-hydrogen) atoms. The van der Waals surface area contributed by atoms with Crippen LogP contribution < -0.4 is 0 Å². The van der Waals surface area contributed by atoms with E-state index in [9.17, 15) is 14.0 Å². The minimum atomic E-state index is -0.334. The van der Waals surface area contributed by atoms with Crippen LogP contribution in [0.1, 0.15) is 39.1 Å². The number of aryl methyl sites for hydroxylation is 1. The van der Waals surface area contributed by atoms with Crippen LogP contribution in [0.3, 0.4) is 0 Å². The Labute approximate surface area is 182 Å². The third-order valence-electron chi connectivity index (χ3n) is 5.85. The molecule has 0 spiro atoms. The Balaban J connectivity index is 0.00000256. The van der Waals surface area contributed by atoms with Crippen LogP contribution in [0, 0.1) is 18.7 Å². The monoisotopic (exact) mass is 425 g/mol. The largest absolute Gasteiger partial charge is 0.296 e. The summed E-state index contributed by atoms with van der Waals surface area (Å²) in [5.74, 6) is -0.203. The number of nitrogens with zero attached hydrogens (tertiary/aromatic N) is 1. The number of likely N-dealkylation sites (tertiary alicyclic amines) is 1. The van der Waals surface area contributed by atoms with Crippen LogP contribution in [-0.4, -0.2) is 36.1 Å². The Bertz CT molecular complexity index is 1060. The van der Waals surface area contributed by atoms with Gasteiger partial charge in [-0.15, -0.1) is 12.4 Å². The average molecular weight is 426 g/mol. The van der Waals surface area contributed by atoms with Gasteiger partial charge in [0, 0.05) is 17.0 Å². The SMILES string of the molecule is Cc1cc2ccccc2cc1C(=O)CN1CCC(C(=O)c2ccc(F)cc2)CC1.Cl. The van der Waals surface area contributed by atoms with Gasteiger partial charge in [0.2, 0.25) is 0 Å². The van der Waals surface area contributed by atoms with Crippen LogP contribution in [0.2, 0.25) is 0 Å². The summed E-state index contributed by atoms with van der Waals surface area (Å²) in [4.78, 5) is 27.7. The fraction of sp³-hybridized carbons (Fsp3) is 0.280. The molecular formula is C25H25ClFNO2. The number of fused-ring (bicyclic) bond motifs is 1. The summed E-state index contributed by atoms with van der Waals surface area (Å²) in [6, 6.07) is 17.9. The van der Waals surface area contributed by atoms with Gasteiger partial charge in [0.25, 0.3) is 0 Å². The third-order valence-corrected chi connectivity index (χ3v) is 5.85. The quantitative estimate of drug-likeness (QED) is 0.507. The summed E-state index contributed by atoms with van der Waals surface area (Å²) in [5.41, 5.74) is 2.33. The van der Waals surface area contributed by atoms with E-state index in [1.54, 1.807) is 12.1 Å². The molecule has 0 unspecified atom stereocenters. The van der Waals surface area contributed by atoms with Crippen LogP contribution in [0.4, 0.5) is 4.39 Å². The van der Waals surface area contributed by atoms with Crippen molar-refractivity contribution in [2.75, 3.05) is 19.6 Å². The Morgan fingerprint density at radius 2 is 1.57 bits per heavy atom. The molecule has 0 amide bonds. The van der Waals surface area contributed by atoms with E-state index in [0.29, 0.717) is 12.1 Å². The van der Waals surface area contributed by atoms with E-state index in [4.69, 9.17) is 0 Å². The van der Waals surface area contributed by atoms with Crippen molar-refractivity contribution in [3.8, 4) is 0 Å². The lowest BCUT2D eigenvalue weighted by molar-refractivity contribution is 0.0805. The number of rotatable bonds is 5. The first-order valence-corrected chi connectivity index (χ1v) is 10.1. The smallest absolute Gasteiger partial charge is 0.177 e. The van der Waals surface area contributed by atoms with E-state index in [1.165, 1.54) is 12.1 Å². The summed E-state index contributed by atoms with van der Waals surface area (Å²) >= 11 is 0. The zero-order valence-corrected chi connectivity index (χ0v) is 17.8. The minimum Gasteiger partial charge on any atom is -0.296 e. The fourth-order valence-corrected chi connectivity index (χ4v) is 4.15. The van der Waals surface area contributed by atoms with E-state index in [1.807, 2.05) is 31.2 Å². The molecule has 5 heteroatoms. The molecule has 0 aromatic heterocycles. The highest BCUT2D eigenvalue weighted by atomic mass is 35.5. The van der Waals surface area contributed by atoms with Gasteiger partial charge in [0.15, 0.2) is 11.6 Å². The molecular weight excluding hydrogens is 401 g/mol. The van der Waals surface area contributed by atoms with Crippen molar-refractivity contribution in [2.24, 2.45) is 5.92 Å². The number of piperidine rings is 1. The molecule has 0 bridgehead atoms. The van der Waals surface area contributed by atoms with Gasteiger partial charge in [-0.25, -0.2) is 4.39 Å². The lowest BCUT2D eigenvalue weighted by atomic mass is 9.88. The van der Waals surface area contributed by atoms with E-state index in [2.05, 4.69) is 17.0 Å². The van der Waals surface area contributed by atoms with Crippen molar-refractivity contribution >= 4 is 34.7 Å². The highest BCUT2D eigenvalue weighted by Gasteiger charge is 2.27. The molecule has 1 heterocycles. The molecule has 3 aromatic carbocycles. The number of hydrogen-bond donors (Lipinski definition) is 0. The number of Topliss-reactive ketones (excluding diaryl/α,β-unsaturated/α-hetero) is 2. The predicted octanol–water partition coefficient (Wildman–Crippen LogP) is 5.49. The van der Waals surface area contributed by atoms with E-state index < -0.39 is 0 Å². The van der Waals surface area contributed by atoms with Gasteiger partial charge < -0.3 is 0 Å². The molecule has 1 aliphatic heterocycles. The minimum absolute atomic E-state index is 0. The summed E-state index contributed by atoms with van der Waals surface area (Å²) < 4.78 is 13.1. The highest BCUT2D eigenvalue weighted by molar-refractivity contribution is 6.02. The zero-order chi connectivity index (χ0) is 20.4. The van der Waals surface area contributed by atoms with Crippen LogP contribution in [-0.2, 0) is 0 Å². The van der Waals surface area contributed by atoms with Gasteiger partial charge in [-0.05, 0) is 79.5 Å². The summed E-state index contributed by atoms with van der Waals surface area (Å²) in [6.45, 7) is 3.79. The molecule has 0 atom stereocenters. The first-order valence-electron chi connectivity index (χ1n) is 10.1. The zero-order valence-electron chi connectivity index (χ0n) is 16.9. The second-order valence-electron chi connectivity index (χ2n) is 7.86. The predicted molar refractivity (Wildman–Crippen MR) is 120 cm³/mol. The Hall–Kier alpha value is -2.56. The van der Waals surface area contributed by atoms with Gasteiger partial charge in [-0.3, -0.25) is 14.5 Å². The molecule has 1 saturated heterocycles. The number of carbonyl (C=O) groups is 2. The van der Waals surface area contributed by atoms with Crippen molar-refractivity contribution in [1.29, 1.82) is 0 Å². The second kappa shape index (κ2) is 9.50. The van der Waals surface area contributed by atoms with Crippen molar-refractivity contribution in [2.45, 2.75) is 19.8 Å². The van der Waals surface area contributed by atoms with Crippen molar-refractivity contribution in [3.63, 3.8) is 0 Å². The van der Waals surface area contributed by atoms with Gasteiger partial charge >= 0.3 is 0 Å². The number of benzene rings is 3. The maximum Gasteiger partial charge on any atom is 0.177 e. The van der Waals surface area contributed by atoms with Gasteiger partial charge in [0.1, 0.15) is 5.82 Å². The number of hydrogen-bond acceptors (Lipinski definition) is 3. The van der Waals surface area contributed by atoms with Crippen molar-refractivity contribution in [3.05, 3.63) is 83.2 Å². The first-order chi connectivity index (χ1) is 14.0. The average Bonchev–Trinajstić information content (AvgIpc) is 2.74. The molecule has 0 N–H and O–H groups in total. The highest BCUT2D eigenvalue weighted by Crippen LogP contribution is 2.24.